The largest absolute Gasteiger partial charge is 0.462 e. The van der Waals surface area contributed by atoms with Gasteiger partial charge in [-0.3, -0.25) is 9.69 Å². The number of rotatable bonds is 9. The number of hydrogen-bond donors (Lipinski definition) is 1. The van der Waals surface area contributed by atoms with Crippen LogP contribution in [0.3, 0.4) is 0 Å². The van der Waals surface area contributed by atoms with Crippen molar-refractivity contribution in [2.24, 2.45) is 5.92 Å². The van der Waals surface area contributed by atoms with Crippen LogP contribution >= 0.6 is 11.3 Å². The van der Waals surface area contributed by atoms with Gasteiger partial charge in [0, 0.05) is 12.3 Å². The van der Waals surface area contributed by atoms with Gasteiger partial charge in [0.15, 0.2) is 9.84 Å². The summed E-state index contributed by atoms with van der Waals surface area (Å²) in [7, 11) is -1.38. The molecule has 0 spiro atoms. The minimum atomic E-state index is -3.16. The lowest BCUT2D eigenvalue weighted by molar-refractivity contribution is -0.117. The summed E-state index contributed by atoms with van der Waals surface area (Å²) in [5.74, 6) is -0.334. The van der Waals surface area contributed by atoms with Crippen LogP contribution in [0.4, 0.5) is 5.00 Å². The minimum Gasteiger partial charge on any atom is -0.462 e. The van der Waals surface area contributed by atoms with Crippen molar-refractivity contribution in [3.05, 3.63) is 16.5 Å². The summed E-state index contributed by atoms with van der Waals surface area (Å²) >= 11 is 1.32. The quantitative estimate of drug-likeness (QED) is 0.589. The fraction of sp³-hybridized carbons (Fsp3) is 0.700. The fourth-order valence-electron chi connectivity index (χ4n) is 3.92. The maximum atomic E-state index is 12.7. The standard InChI is InChI=1S/C20H32N2O5S2/c1-6-27-20(24)18-14(10-13(2)3)12-28-19(18)21-17(23)11-22(4)15-8-7-9-16(15)29(5,25)26/h12-13,15-16H,6-11H2,1-5H3,(H,21,23)/t15-,16-/m1/s1. The molecule has 29 heavy (non-hydrogen) atoms. The maximum Gasteiger partial charge on any atom is 0.341 e. The van der Waals surface area contributed by atoms with Gasteiger partial charge in [0.05, 0.1) is 24.0 Å². The number of esters is 1. The van der Waals surface area contributed by atoms with Crippen molar-refractivity contribution in [3.8, 4) is 0 Å². The monoisotopic (exact) mass is 444 g/mol. The number of likely N-dealkylation sites (N-methyl/N-ethyl adjacent to an activating group) is 1. The molecule has 0 aromatic carbocycles. The number of carbonyl (C=O) groups is 2. The Hall–Kier alpha value is -1.45. The van der Waals surface area contributed by atoms with Crippen LogP contribution in [-0.4, -0.2) is 62.9 Å². The highest BCUT2D eigenvalue weighted by Crippen LogP contribution is 2.32. The SMILES string of the molecule is CCOC(=O)c1c(CC(C)C)csc1NC(=O)CN(C)[C@@H]1CCC[C@H]1S(C)(=O)=O. The zero-order valence-electron chi connectivity index (χ0n) is 17.9. The van der Waals surface area contributed by atoms with Gasteiger partial charge in [-0.2, -0.15) is 0 Å². The van der Waals surface area contributed by atoms with E-state index in [1.165, 1.54) is 17.6 Å². The summed E-state index contributed by atoms with van der Waals surface area (Å²) in [5.41, 5.74) is 1.30. The third-order valence-electron chi connectivity index (χ3n) is 5.15. The van der Waals surface area contributed by atoms with E-state index >= 15 is 0 Å². The summed E-state index contributed by atoms with van der Waals surface area (Å²) in [6.45, 7) is 6.22. The Kier molecular flexibility index (Phi) is 8.25. The summed E-state index contributed by atoms with van der Waals surface area (Å²) in [6, 6.07) is -0.167. The van der Waals surface area contributed by atoms with E-state index in [1.807, 2.05) is 5.38 Å². The highest BCUT2D eigenvalue weighted by atomic mass is 32.2. The first-order valence-electron chi connectivity index (χ1n) is 10.0. The van der Waals surface area contributed by atoms with E-state index in [0.29, 0.717) is 22.9 Å². The number of sulfone groups is 1. The van der Waals surface area contributed by atoms with Crippen molar-refractivity contribution in [3.63, 3.8) is 0 Å². The lowest BCUT2D eigenvalue weighted by Crippen LogP contribution is -2.44. The molecule has 1 amide bonds. The number of thiophene rings is 1. The summed E-state index contributed by atoms with van der Waals surface area (Å²) in [5, 5.41) is 4.78. The van der Waals surface area contributed by atoms with Gasteiger partial charge in [-0.1, -0.05) is 20.3 Å². The maximum absolute atomic E-state index is 12.7. The molecule has 1 saturated carbocycles. The molecular weight excluding hydrogens is 412 g/mol. The Morgan fingerprint density at radius 2 is 2.03 bits per heavy atom. The molecule has 1 aliphatic rings. The lowest BCUT2D eigenvalue weighted by Gasteiger charge is -2.28. The van der Waals surface area contributed by atoms with E-state index in [9.17, 15) is 18.0 Å². The fourth-order valence-corrected chi connectivity index (χ4v) is 6.41. The molecule has 0 radical (unpaired) electrons. The summed E-state index contributed by atoms with van der Waals surface area (Å²) in [6.07, 6.45) is 4.21. The Morgan fingerprint density at radius 3 is 2.62 bits per heavy atom. The minimum absolute atomic E-state index is 0.0658. The second-order valence-electron chi connectivity index (χ2n) is 8.11. The smallest absolute Gasteiger partial charge is 0.341 e. The molecule has 1 N–H and O–H groups in total. The van der Waals surface area contributed by atoms with Crippen molar-refractivity contribution < 1.29 is 22.7 Å². The highest BCUT2D eigenvalue weighted by Gasteiger charge is 2.37. The van der Waals surface area contributed by atoms with E-state index < -0.39 is 21.1 Å². The molecule has 0 saturated heterocycles. The molecular formula is C20H32N2O5S2. The molecule has 0 bridgehead atoms. The molecule has 0 aliphatic heterocycles. The Morgan fingerprint density at radius 1 is 1.34 bits per heavy atom. The van der Waals surface area contributed by atoms with Gasteiger partial charge >= 0.3 is 5.97 Å². The number of ether oxygens (including phenoxy) is 1. The van der Waals surface area contributed by atoms with E-state index in [2.05, 4.69) is 19.2 Å². The van der Waals surface area contributed by atoms with Crippen LogP contribution in [0, 0.1) is 5.92 Å². The van der Waals surface area contributed by atoms with E-state index in [-0.39, 0.29) is 25.1 Å². The first kappa shape index (κ1) is 23.8. The van der Waals surface area contributed by atoms with E-state index in [1.54, 1.807) is 18.9 Å². The van der Waals surface area contributed by atoms with Crippen LogP contribution in [0.15, 0.2) is 5.38 Å². The predicted molar refractivity (Wildman–Crippen MR) is 116 cm³/mol. The molecule has 1 aromatic heterocycles. The van der Waals surface area contributed by atoms with Gasteiger partial charge in [-0.05, 0) is 50.1 Å². The van der Waals surface area contributed by atoms with Gasteiger partial charge in [0.25, 0.3) is 0 Å². The van der Waals surface area contributed by atoms with Crippen LogP contribution in [0.1, 0.15) is 56.0 Å². The number of carbonyl (C=O) groups excluding carboxylic acids is 2. The normalized spacial score (nSPS) is 19.7. The van der Waals surface area contributed by atoms with Crippen LogP contribution in [0.25, 0.3) is 0 Å². The van der Waals surface area contributed by atoms with Gasteiger partial charge in [0.1, 0.15) is 5.00 Å². The Balaban J connectivity index is 2.12. The molecule has 1 heterocycles. The zero-order chi connectivity index (χ0) is 21.8. The number of amides is 1. The molecule has 0 unspecified atom stereocenters. The predicted octanol–water partition coefficient (Wildman–Crippen LogP) is 2.96. The molecule has 164 valence electrons. The van der Waals surface area contributed by atoms with Crippen LogP contribution in [0.2, 0.25) is 0 Å². The molecule has 2 rings (SSSR count). The summed E-state index contributed by atoms with van der Waals surface area (Å²) in [4.78, 5) is 26.9. The number of hydrogen-bond acceptors (Lipinski definition) is 7. The van der Waals surface area contributed by atoms with Crippen molar-refractivity contribution in [1.82, 2.24) is 4.90 Å². The van der Waals surface area contributed by atoms with Crippen LogP contribution in [-0.2, 0) is 25.8 Å². The lowest BCUT2D eigenvalue weighted by atomic mass is 10.0. The van der Waals surface area contributed by atoms with E-state index in [0.717, 1.165) is 24.8 Å². The Labute approximate surface area is 177 Å². The first-order valence-corrected chi connectivity index (χ1v) is 12.8. The average Bonchev–Trinajstić information content (AvgIpc) is 3.21. The molecule has 1 fully saturated rings. The molecule has 7 nitrogen and oxygen atoms in total. The van der Waals surface area contributed by atoms with Crippen molar-refractivity contribution in [2.45, 2.75) is 57.7 Å². The number of nitrogens with one attached hydrogen (secondary N) is 1. The summed E-state index contributed by atoms with van der Waals surface area (Å²) < 4.78 is 29.2. The van der Waals surface area contributed by atoms with Gasteiger partial charge in [0.2, 0.25) is 5.91 Å². The van der Waals surface area contributed by atoms with E-state index in [4.69, 9.17) is 4.74 Å². The second-order valence-corrected chi connectivity index (χ2v) is 11.3. The van der Waals surface area contributed by atoms with Crippen LogP contribution in [0.5, 0.6) is 0 Å². The Bertz CT molecular complexity index is 832. The molecule has 9 heteroatoms. The van der Waals surface area contributed by atoms with Gasteiger partial charge in [-0.25, -0.2) is 13.2 Å². The zero-order valence-corrected chi connectivity index (χ0v) is 19.5. The number of nitrogens with zero attached hydrogens (tertiary/aromatic N) is 1. The van der Waals surface area contributed by atoms with Gasteiger partial charge < -0.3 is 10.1 Å². The second kappa shape index (κ2) is 10.0. The van der Waals surface area contributed by atoms with Crippen molar-refractivity contribution >= 4 is 38.1 Å². The topological polar surface area (TPSA) is 92.8 Å². The molecule has 1 aliphatic carbocycles. The third kappa shape index (κ3) is 6.26. The number of anilines is 1. The highest BCUT2D eigenvalue weighted by molar-refractivity contribution is 7.91. The molecule has 1 aromatic rings. The van der Waals surface area contributed by atoms with Crippen molar-refractivity contribution in [1.29, 1.82) is 0 Å². The van der Waals surface area contributed by atoms with Crippen LogP contribution < -0.4 is 5.32 Å². The third-order valence-corrected chi connectivity index (χ3v) is 7.75. The van der Waals surface area contributed by atoms with Crippen molar-refractivity contribution in [2.75, 3.05) is 31.8 Å². The molecule has 2 atom stereocenters. The average molecular weight is 445 g/mol. The first-order chi connectivity index (χ1) is 13.5. The van der Waals surface area contributed by atoms with Gasteiger partial charge in [-0.15, -0.1) is 11.3 Å².